The van der Waals surface area contributed by atoms with Crippen molar-refractivity contribution in [1.82, 2.24) is 15.3 Å². The number of aryl methyl sites for hydroxylation is 1. The molecule has 0 saturated heterocycles. The Balaban J connectivity index is 1.97. The molecule has 0 aliphatic carbocycles. The van der Waals surface area contributed by atoms with E-state index in [4.69, 9.17) is 4.74 Å². The van der Waals surface area contributed by atoms with E-state index in [1.807, 2.05) is 0 Å². The highest BCUT2D eigenvalue weighted by atomic mass is 32.2. The summed E-state index contributed by atoms with van der Waals surface area (Å²) in [6, 6.07) is 5.02. The molecule has 3 aromatic rings. The maximum atomic E-state index is 14.1. The lowest BCUT2D eigenvalue weighted by Gasteiger charge is -2.29. The van der Waals surface area contributed by atoms with E-state index in [-0.39, 0.29) is 11.4 Å². The number of alkyl halides is 3. The van der Waals surface area contributed by atoms with E-state index in [0.29, 0.717) is 28.7 Å². The second kappa shape index (κ2) is 10.6. The molecule has 0 unspecified atom stereocenters. The Morgan fingerprint density at radius 2 is 1.89 bits per heavy atom. The van der Waals surface area contributed by atoms with Gasteiger partial charge in [-0.2, -0.15) is 17.5 Å². The third-order valence-corrected chi connectivity index (χ3v) is 5.94. The zero-order valence-electron chi connectivity index (χ0n) is 20.8. The van der Waals surface area contributed by atoms with E-state index in [1.165, 1.54) is 31.8 Å². The number of nitrogens with one attached hydrogen (secondary N) is 2. The van der Waals surface area contributed by atoms with E-state index in [2.05, 4.69) is 25.0 Å². The molecule has 2 atom stereocenters. The van der Waals surface area contributed by atoms with Gasteiger partial charge in [0.05, 0.1) is 16.9 Å². The number of carbonyl (C=O) groups is 1. The Kier molecular flexibility index (Phi) is 8.08. The summed E-state index contributed by atoms with van der Waals surface area (Å²) in [4.78, 5) is 20.3. The molecule has 8 nitrogen and oxygen atoms in total. The second-order valence-corrected chi connectivity index (χ2v) is 11.6. The van der Waals surface area contributed by atoms with Crippen LogP contribution in [0.4, 0.5) is 34.8 Å². The standard InChI is InChI=1S/C24H27F4N5O3S/c1-14-8-17(33-37(4,5)35)10-19-21(14)22(31-13-30-19)32-18-7-6-16(25)9-20(18)36-23(3,12-34)11-29-15(2)24(26,27)28/h6-10,12-13,15,29H,11H2,1-5H3,(H,30,31,32)/t15-,23-/m1/s1. The number of fused-ring (bicyclic) bond motifs is 1. The van der Waals surface area contributed by atoms with Crippen LogP contribution in [0, 0.1) is 12.7 Å². The van der Waals surface area contributed by atoms with E-state index in [1.54, 1.807) is 19.1 Å². The van der Waals surface area contributed by atoms with Crippen LogP contribution in [-0.4, -0.2) is 57.3 Å². The Labute approximate surface area is 212 Å². The number of hydrogen-bond donors (Lipinski definition) is 2. The molecule has 200 valence electrons. The maximum absolute atomic E-state index is 14.1. The Morgan fingerprint density at radius 3 is 2.51 bits per heavy atom. The van der Waals surface area contributed by atoms with Crippen molar-refractivity contribution in [1.29, 1.82) is 0 Å². The van der Waals surface area contributed by atoms with Crippen LogP contribution in [-0.2, 0) is 14.5 Å². The van der Waals surface area contributed by atoms with E-state index in [0.717, 1.165) is 24.6 Å². The monoisotopic (exact) mass is 541 g/mol. The van der Waals surface area contributed by atoms with Gasteiger partial charge in [-0.1, -0.05) is 0 Å². The van der Waals surface area contributed by atoms with Crippen LogP contribution in [0.5, 0.6) is 5.75 Å². The van der Waals surface area contributed by atoms with Crippen LogP contribution >= 0.6 is 0 Å². The number of aromatic nitrogens is 2. The maximum Gasteiger partial charge on any atom is 0.403 e. The molecule has 0 radical (unpaired) electrons. The van der Waals surface area contributed by atoms with E-state index in [9.17, 15) is 26.6 Å². The summed E-state index contributed by atoms with van der Waals surface area (Å²) in [5.74, 6) is -0.456. The molecule has 0 bridgehead atoms. The number of halogens is 4. The van der Waals surface area contributed by atoms with Gasteiger partial charge in [0.2, 0.25) is 0 Å². The highest BCUT2D eigenvalue weighted by Gasteiger charge is 2.38. The van der Waals surface area contributed by atoms with Crippen LogP contribution in [0.25, 0.3) is 10.9 Å². The summed E-state index contributed by atoms with van der Waals surface area (Å²) in [6.07, 6.45) is 0.167. The van der Waals surface area contributed by atoms with Crippen molar-refractivity contribution in [3.63, 3.8) is 0 Å². The zero-order valence-corrected chi connectivity index (χ0v) is 21.6. The van der Waals surface area contributed by atoms with Crippen molar-refractivity contribution < 1.29 is 31.3 Å². The van der Waals surface area contributed by atoms with Crippen molar-refractivity contribution >= 4 is 44.1 Å². The molecule has 0 spiro atoms. The number of hydrogen-bond acceptors (Lipinski definition) is 8. The quantitative estimate of drug-likeness (QED) is 0.288. The smallest absolute Gasteiger partial charge is 0.403 e. The van der Waals surface area contributed by atoms with Crippen molar-refractivity contribution in [2.45, 2.75) is 38.6 Å². The first kappa shape index (κ1) is 28.3. The highest BCUT2D eigenvalue weighted by Crippen LogP contribution is 2.35. The minimum absolute atomic E-state index is 0.108. The van der Waals surface area contributed by atoms with Gasteiger partial charge in [0.25, 0.3) is 0 Å². The number of benzene rings is 2. The minimum Gasteiger partial charge on any atom is -0.476 e. The van der Waals surface area contributed by atoms with Crippen LogP contribution in [0.3, 0.4) is 0 Å². The summed E-state index contributed by atoms with van der Waals surface area (Å²) in [6.45, 7) is 3.52. The summed E-state index contributed by atoms with van der Waals surface area (Å²) in [5, 5.41) is 5.87. The molecule has 2 N–H and O–H groups in total. The van der Waals surface area contributed by atoms with Gasteiger partial charge in [0.1, 0.15) is 29.8 Å². The largest absolute Gasteiger partial charge is 0.476 e. The fourth-order valence-corrected chi connectivity index (χ4v) is 4.02. The predicted molar refractivity (Wildman–Crippen MR) is 135 cm³/mol. The Bertz CT molecular complexity index is 1430. The lowest BCUT2D eigenvalue weighted by Crippen LogP contribution is -2.50. The molecule has 0 aliphatic heterocycles. The molecule has 2 aromatic carbocycles. The van der Waals surface area contributed by atoms with Gasteiger partial charge in [0.15, 0.2) is 11.9 Å². The first-order valence-electron chi connectivity index (χ1n) is 11.0. The van der Waals surface area contributed by atoms with Crippen LogP contribution in [0.2, 0.25) is 0 Å². The molecule has 1 heterocycles. The zero-order chi connectivity index (χ0) is 27.6. The SMILES string of the molecule is Cc1cc(N=S(C)(C)=O)cc2ncnc(Nc3ccc(F)cc3O[C@@](C)(C=O)CN[C@H](C)C(F)(F)F)c12. The molecular formula is C24H27F4N5O3S. The average Bonchev–Trinajstić information content (AvgIpc) is 2.77. The van der Waals surface area contributed by atoms with Gasteiger partial charge in [-0.05, 0) is 50.6 Å². The third-order valence-electron chi connectivity index (χ3n) is 5.28. The van der Waals surface area contributed by atoms with Gasteiger partial charge < -0.3 is 15.4 Å². The van der Waals surface area contributed by atoms with Crippen molar-refractivity contribution in [2.75, 3.05) is 24.4 Å². The summed E-state index contributed by atoms with van der Waals surface area (Å²) in [7, 11) is -2.40. The van der Waals surface area contributed by atoms with Crippen LogP contribution < -0.4 is 15.4 Å². The van der Waals surface area contributed by atoms with Crippen molar-refractivity contribution in [3.05, 3.63) is 48.0 Å². The Hall–Kier alpha value is -3.32. The number of anilines is 2. The molecule has 13 heteroatoms. The summed E-state index contributed by atoms with van der Waals surface area (Å²) in [5.41, 5.74) is 0.190. The van der Waals surface area contributed by atoms with Gasteiger partial charge in [0, 0.05) is 40.2 Å². The summed E-state index contributed by atoms with van der Waals surface area (Å²) >= 11 is 0. The van der Waals surface area contributed by atoms with Gasteiger partial charge >= 0.3 is 6.18 Å². The number of carbonyl (C=O) groups excluding carboxylic acids is 1. The minimum atomic E-state index is -4.51. The fraction of sp³-hybridized carbons (Fsp3) is 0.375. The third kappa shape index (κ3) is 7.35. The highest BCUT2D eigenvalue weighted by molar-refractivity contribution is 7.92. The van der Waals surface area contributed by atoms with Crippen LogP contribution in [0.1, 0.15) is 19.4 Å². The number of ether oxygens (including phenoxy) is 1. The van der Waals surface area contributed by atoms with Crippen molar-refractivity contribution in [2.24, 2.45) is 4.36 Å². The van der Waals surface area contributed by atoms with Gasteiger partial charge in [-0.15, -0.1) is 0 Å². The van der Waals surface area contributed by atoms with Crippen LogP contribution in [0.15, 0.2) is 41.0 Å². The van der Waals surface area contributed by atoms with Crippen molar-refractivity contribution in [3.8, 4) is 5.75 Å². The number of rotatable bonds is 9. The topological polar surface area (TPSA) is 106 Å². The normalized spacial score (nSPS) is 14.6. The van der Waals surface area contributed by atoms with E-state index < -0.39 is 39.9 Å². The molecular weight excluding hydrogens is 514 g/mol. The lowest BCUT2D eigenvalue weighted by atomic mass is 10.1. The molecule has 0 amide bonds. The van der Waals surface area contributed by atoms with E-state index >= 15 is 0 Å². The lowest BCUT2D eigenvalue weighted by molar-refractivity contribution is -0.154. The fourth-order valence-electron chi connectivity index (χ4n) is 3.41. The predicted octanol–water partition coefficient (Wildman–Crippen LogP) is 5.06. The molecule has 0 aliphatic rings. The van der Waals surface area contributed by atoms with Gasteiger partial charge in [-0.3, -0.25) is 4.79 Å². The number of nitrogens with zero attached hydrogens (tertiary/aromatic N) is 3. The Morgan fingerprint density at radius 1 is 1.19 bits per heavy atom. The van der Waals surface area contributed by atoms with Gasteiger partial charge in [-0.25, -0.2) is 18.6 Å². The molecule has 37 heavy (non-hydrogen) atoms. The molecule has 1 aromatic heterocycles. The first-order chi connectivity index (χ1) is 17.1. The average molecular weight is 542 g/mol. The first-order valence-corrected chi connectivity index (χ1v) is 13.4. The molecule has 3 rings (SSSR count). The molecule has 0 fully saturated rings. The summed E-state index contributed by atoms with van der Waals surface area (Å²) < 4.78 is 74.8. The number of aldehydes is 1. The second-order valence-electron chi connectivity index (χ2n) is 9.09. The molecule has 0 saturated carbocycles.